The van der Waals surface area contributed by atoms with Crippen LogP contribution in [-0.2, 0) is 9.53 Å². The van der Waals surface area contributed by atoms with E-state index in [0.717, 1.165) is 31.3 Å². The largest absolute Gasteiger partial charge is 0.481 e. The molecule has 7 atom stereocenters. The second-order valence-electron chi connectivity index (χ2n) is 12.1. The summed E-state index contributed by atoms with van der Waals surface area (Å²) < 4.78 is 6.37. The summed E-state index contributed by atoms with van der Waals surface area (Å²) in [6.45, 7) is 9.98. The van der Waals surface area contributed by atoms with Crippen LogP contribution in [0, 0.1) is 57.2 Å². The summed E-state index contributed by atoms with van der Waals surface area (Å²) in [6.07, 6.45) is 14.7. The number of carboxylic acids is 1. The van der Waals surface area contributed by atoms with Crippen LogP contribution in [0.15, 0.2) is 11.6 Å². The third-order valence-corrected chi connectivity index (χ3v) is 10.3. The van der Waals surface area contributed by atoms with Gasteiger partial charge in [0.1, 0.15) is 5.41 Å². The van der Waals surface area contributed by atoms with Gasteiger partial charge in [0.2, 0.25) is 0 Å². The standard InChI is InChI=1S/C29H45NO3/c1-5-6-7-8-9-10-11-14-33-19-28-17-23-21(4)12-13-24(23)27(18-30)16-22(28)15-25(20(2)3)29(27,28)26(31)32/h15,20-24H,5-14,16-17,19H2,1-4H3,(H,31,32)/t21-,22+,23-,24-,27+,28+,29+/m0/s1. The number of carbonyl (C=O) groups is 1. The maximum atomic E-state index is 13.4. The Labute approximate surface area is 201 Å². The highest BCUT2D eigenvalue weighted by Crippen LogP contribution is 2.83. The molecular weight excluding hydrogens is 410 g/mol. The topological polar surface area (TPSA) is 70.3 Å². The molecular formula is C29H45NO3. The molecule has 184 valence electrons. The van der Waals surface area contributed by atoms with Crippen LogP contribution in [0.4, 0.5) is 0 Å². The van der Waals surface area contributed by atoms with E-state index in [-0.39, 0.29) is 17.8 Å². The third kappa shape index (κ3) is 3.35. The molecule has 4 nitrogen and oxygen atoms in total. The van der Waals surface area contributed by atoms with Crippen LogP contribution in [0.1, 0.15) is 98.3 Å². The summed E-state index contributed by atoms with van der Waals surface area (Å²) in [7, 11) is 0. The van der Waals surface area contributed by atoms with Crippen LogP contribution in [0.5, 0.6) is 0 Å². The summed E-state index contributed by atoms with van der Waals surface area (Å²) >= 11 is 0. The summed E-state index contributed by atoms with van der Waals surface area (Å²) in [5, 5.41) is 21.7. The Balaban J connectivity index is 1.57. The number of aliphatic carboxylic acids is 1. The first kappa shape index (κ1) is 24.8. The third-order valence-electron chi connectivity index (χ3n) is 10.3. The predicted octanol–water partition coefficient (Wildman–Crippen LogP) is 7.00. The summed E-state index contributed by atoms with van der Waals surface area (Å²) in [4.78, 5) is 13.4. The number of ether oxygens (including phenoxy) is 1. The van der Waals surface area contributed by atoms with Gasteiger partial charge in [-0.3, -0.25) is 4.79 Å². The lowest BCUT2D eigenvalue weighted by atomic mass is 9.43. The molecule has 4 bridgehead atoms. The minimum Gasteiger partial charge on any atom is -0.481 e. The van der Waals surface area contributed by atoms with E-state index in [4.69, 9.17) is 4.74 Å². The predicted molar refractivity (Wildman–Crippen MR) is 130 cm³/mol. The molecule has 0 spiro atoms. The maximum Gasteiger partial charge on any atom is 0.316 e. The minimum atomic E-state index is -1.08. The van der Waals surface area contributed by atoms with Crippen LogP contribution >= 0.6 is 0 Å². The normalized spacial score (nSPS) is 40.7. The van der Waals surface area contributed by atoms with E-state index in [0.29, 0.717) is 31.5 Å². The average Bonchev–Trinajstić information content (AvgIpc) is 3.35. The number of nitrogens with zero attached hydrogens (tertiary/aromatic N) is 1. The zero-order valence-corrected chi connectivity index (χ0v) is 21.4. The number of unbranched alkanes of at least 4 members (excludes halogenated alkanes) is 6. The Morgan fingerprint density at radius 1 is 1.18 bits per heavy atom. The van der Waals surface area contributed by atoms with Crippen LogP contribution in [-0.4, -0.2) is 24.3 Å². The van der Waals surface area contributed by atoms with Crippen LogP contribution in [0.3, 0.4) is 0 Å². The number of nitriles is 1. The van der Waals surface area contributed by atoms with Gasteiger partial charge in [-0.1, -0.05) is 84.3 Å². The molecule has 0 aromatic carbocycles. The molecule has 4 aliphatic carbocycles. The smallest absolute Gasteiger partial charge is 0.316 e. The van der Waals surface area contributed by atoms with Crippen molar-refractivity contribution in [2.75, 3.05) is 13.2 Å². The first-order chi connectivity index (χ1) is 15.8. The Morgan fingerprint density at radius 3 is 2.52 bits per heavy atom. The zero-order chi connectivity index (χ0) is 23.9. The van der Waals surface area contributed by atoms with E-state index in [1.54, 1.807) is 0 Å². The molecule has 3 fully saturated rings. The molecule has 0 aromatic heterocycles. The first-order valence-corrected chi connectivity index (χ1v) is 13.8. The van der Waals surface area contributed by atoms with Gasteiger partial charge in [-0.05, 0) is 55.3 Å². The Bertz CT molecular complexity index is 812. The van der Waals surface area contributed by atoms with Crippen LogP contribution in [0.2, 0.25) is 0 Å². The number of hydrogen-bond donors (Lipinski definition) is 1. The lowest BCUT2D eigenvalue weighted by molar-refractivity contribution is -0.179. The van der Waals surface area contributed by atoms with Crippen molar-refractivity contribution in [2.45, 2.75) is 98.3 Å². The molecule has 0 heterocycles. The molecule has 3 saturated carbocycles. The molecule has 1 N–H and O–H groups in total. The van der Waals surface area contributed by atoms with Crippen molar-refractivity contribution >= 4 is 5.97 Å². The Kier molecular flexibility index (Phi) is 7.03. The SMILES string of the molecule is CCCCCCCCCOC[C@]12C[C@H]3[C@@H](C)CC[C@@H]3[C@]3(C#N)C[C@H]1C=C(C(C)C)[C@]23C(=O)O. The lowest BCUT2D eigenvalue weighted by Gasteiger charge is -2.57. The van der Waals surface area contributed by atoms with Crippen molar-refractivity contribution in [1.82, 2.24) is 0 Å². The van der Waals surface area contributed by atoms with E-state index < -0.39 is 22.2 Å². The molecule has 4 aliphatic rings. The summed E-state index contributed by atoms with van der Waals surface area (Å²) in [6, 6.07) is 2.72. The van der Waals surface area contributed by atoms with Crippen molar-refractivity contribution in [1.29, 1.82) is 5.26 Å². The van der Waals surface area contributed by atoms with Crippen molar-refractivity contribution in [3.8, 4) is 6.07 Å². The molecule has 4 heteroatoms. The molecule has 33 heavy (non-hydrogen) atoms. The first-order valence-electron chi connectivity index (χ1n) is 13.8. The second-order valence-corrected chi connectivity index (χ2v) is 12.1. The molecule has 0 radical (unpaired) electrons. The van der Waals surface area contributed by atoms with Crippen molar-refractivity contribution in [3.05, 3.63) is 11.6 Å². The minimum absolute atomic E-state index is 0.136. The molecule has 0 saturated heterocycles. The number of carboxylic acid groups (broad SMARTS) is 1. The van der Waals surface area contributed by atoms with Crippen molar-refractivity contribution in [2.24, 2.45) is 45.8 Å². The van der Waals surface area contributed by atoms with Crippen molar-refractivity contribution < 1.29 is 14.6 Å². The van der Waals surface area contributed by atoms with Crippen LogP contribution in [0.25, 0.3) is 0 Å². The number of hydrogen-bond acceptors (Lipinski definition) is 3. The van der Waals surface area contributed by atoms with Gasteiger partial charge in [0.15, 0.2) is 0 Å². The fourth-order valence-corrected chi connectivity index (χ4v) is 8.95. The number of allylic oxidation sites excluding steroid dienone is 1. The van der Waals surface area contributed by atoms with Gasteiger partial charge in [-0.15, -0.1) is 0 Å². The highest BCUT2D eigenvalue weighted by atomic mass is 16.5. The van der Waals surface area contributed by atoms with Gasteiger partial charge in [0.05, 0.1) is 18.1 Å². The Hall–Kier alpha value is -1.34. The quantitative estimate of drug-likeness (QED) is 0.254. The monoisotopic (exact) mass is 455 g/mol. The van der Waals surface area contributed by atoms with E-state index >= 15 is 0 Å². The fourth-order valence-electron chi connectivity index (χ4n) is 8.95. The van der Waals surface area contributed by atoms with Gasteiger partial charge in [-0.2, -0.15) is 5.26 Å². The summed E-state index contributed by atoms with van der Waals surface area (Å²) in [5.41, 5.74) is -1.31. The molecule has 0 amide bonds. The van der Waals surface area contributed by atoms with E-state index in [2.05, 4.69) is 39.8 Å². The lowest BCUT2D eigenvalue weighted by Crippen LogP contribution is -2.62. The molecule has 0 aromatic rings. The van der Waals surface area contributed by atoms with E-state index in [1.807, 2.05) is 0 Å². The number of fused-ring (bicyclic) bond motifs is 2. The highest BCUT2D eigenvalue weighted by molar-refractivity contribution is 5.85. The van der Waals surface area contributed by atoms with Gasteiger partial charge in [-0.25, -0.2) is 0 Å². The maximum absolute atomic E-state index is 13.4. The second kappa shape index (κ2) is 9.37. The van der Waals surface area contributed by atoms with Gasteiger partial charge in [0.25, 0.3) is 0 Å². The van der Waals surface area contributed by atoms with Gasteiger partial charge < -0.3 is 9.84 Å². The highest BCUT2D eigenvalue weighted by Gasteiger charge is 2.84. The molecule has 4 rings (SSSR count). The number of rotatable bonds is 12. The zero-order valence-electron chi connectivity index (χ0n) is 21.4. The van der Waals surface area contributed by atoms with Crippen molar-refractivity contribution in [3.63, 3.8) is 0 Å². The molecule has 0 aliphatic heterocycles. The van der Waals surface area contributed by atoms with Gasteiger partial charge >= 0.3 is 5.97 Å². The van der Waals surface area contributed by atoms with Gasteiger partial charge in [0, 0.05) is 12.0 Å². The van der Waals surface area contributed by atoms with E-state index in [9.17, 15) is 15.2 Å². The average molecular weight is 456 g/mol. The van der Waals surface area contributed by atoms with Crippen LogP contribution < -0.4 is 0 Å². The Morgan fingerprint density at radius 2 is 1.88 bits per heavy atom. The fraction of sp³-hybridized carbons (Fsp3) is 0.862. The molecule has 0 unspecified atom stereocenters. The summed E-state index contributed by atoms with van der Waals surface area (Å²) in [5.74, 6) is 0.744. The van der Waals surface area contributed by atoms with E-state index in [1.165, 1.54) is 38.5 Å².